The van der Waals surface area contributed by atoms with Crippen molar-refractivity contribution in [2.45, 2.75) is 6.54 Å². The lowest BCUT2D eigenvalue weighted by Crippen LogP contribution is -2.28. The number of thiocarbonyl (C=S) groups is 1. The molecule has 0 aliphatic carbocycles. The average molecular weight is 274 g/mol. The Labute approximate surface area is 116 Å². The van der Waals surface area contributed by atoms with Crippen molar-refractivity contribution in [3.63, 3.8) is 0 Å². The van der Waals surface area contributed by atoms with Crippen LogP contribution < -0.4 is 16.0 Å². The molecule has 2 aromatic rings. The third-order valence-electron chi connectivity index (χ3n) is 2.80. The largest absolute Gasteiger partial charge is 0.497 e. The quantitative estimate of drug-likeness (QED) is 0.859. The summed E-state index contributed by atoms with van der Waals surface area (Å²) < 4.78 is 6.67. The number of aromatic nitrogens is 1. The average Bonchev–Trinajstić information content (AvgIpc) is 2.41. The summed E-state index contributed by atoms with van der Waals surface area (Å²) in [5.41, 5.74) is 6.71. The highest BCUT2D eigenvalue weighted by Crippen LogP contribution is 2.11. The third-order valence-corrected chi connectivity index (χ3v) is 3.02. The SMILES string of the molecule is COc1ccc(Cn2cccc(C(N)=S)c2=O)cc1. The van der Waals surface area contributed by atoms with Crippen molar-refractivity contribution >= 4 is 17.2 Å². The number of hydrogen-bond donors (Lipinski definition) is 1. The predicted octanol–water partition coefficient (Wildman–Crippen LogP) is 1.54. The van der Waals surface area contributed by atoms with Crippen LogP contribution >= 0.6 is 12.2 Å². The summed E-state index contributed by atoms with van der Waals surface area (Å²) in [5.74, 6) is 0.785. The number of ether oxygens (including phenoxy) is 1. The van der Waals surface area contributed by atoms with E-state index < -0.39 is 0 Å². The molecule has 0 atom stereocenters. The van der Waals surface area contributed by atoms with Gasteiger partial charge in [-0.25, -0.2) is 0 Å². The Morgan fingerprint density at radius 2 is 2.00 bits per heavy atom. The summed E-state index contributed by atoms with van der Waals surface area (Å²) in [4.78, 5) is 12.2. The van der Waals surface area contributed by atoms with Crippen LogP contribution in [0.25, 0.3) is 0 Å². The van der Waals surface area contributed by atoms with Crippen LogP contribution in [0.3, 0.4) is 0 Å². The van der Waals surface area contributed by atoms with E-state index in [2.05, 4.69) is 0 Å². The number of pyridine rings is 1. The van der Waals surface area contributed by atoms with E-state index >= 15 is 0 Å². The smallest absolute Gasteiger partial charge is 0.261 e. The predicted molar refractivity (Wildman–Crippen MR) is 78.7 cm³/mol. The van der Waals surface area contributed by atoms with Gasteiger partial charge < -0.3 is 15.0 Å². The van der Waals surface area contributed by atoms with Gasteiger partial charge in [-0.2, -0.15) is 0 Å². The molecule has 0 spiro atoms. The van der Waals surface area contributed by atoms with Gasteiger partial charge in [0.05, 0.1) is 19.2 Å². The summed E-state index contributed by atoms with van der Waals surface area (Å²) in [6.07, 6.45) is 1.72. The molecule has 0 unspecified atom stereocenters. The summed E-state index contributed by atoms with van der Waals surface area (Å²) >= 11 is 4.85. The van der Waals surface area contributed by atoms with Gasteiger partial charge in [0.1, 0.15) is 10.7 Å². The Bertz CT molecular complexity index is 647. The fourth-order valence-corrected chi connectivity index (χ4v) is 1.93. The summed E-state index contributed by atoms with van der Waals surface area (Å²) in [6, 6.07) is 10.9. The van der Waals surface area contributed by atoms with Gasteiger partial charge in [0, 0.05) is 6.20 Å². The summed E-state index contributed by atoms with van der Waals surface area (Å²) in [6.45, 7) is 0.472. The van der Waals surface area contributed by atoms with Gasteiger partial charge in [-0.1, -0.05) is 24.4 Å². The van der Waals surface area contributed by atoms with Crippen molar-refractivity contribution < 1.29 is 4.74 Å². The first-order valence-corrected chi connectivity index (χ1v) is 6.15. The second kappa shape index (κ2) is 5.67. The molecule has 98 valence electrons. The highest BCUT2D eigenvalue weighted by molar-refractivity contribution is 7.80. The van der Waals surface area contributed by atoms with Crippen LogP contribution in [0.1, 0.15) is 11.1 Å². The van der Waals surface area contributed by atoms with Crippen LogP contribution in [0, 0.1) is 0 Å². The molecule has 0 aliphatic rings. The van der Waals surface area contributed by atoms with Crippen molar-refractivity contribution in [3.8, 4) is 5.75 Å². The molecular formula is C14H14N2O2S. The molecule has 1 aromatic carbocycles. The maximum Gasteiger partial charge on any atom is 0.261 e. The molecule has 2 N–H and O–H groups in total. The van der Waals surface area contributed by atoms with Crippen LogP contribution in [0.5, 0.6) is 5.75 Å². The Balaban J connectivity index is 2.30. The number of benzene rings is 1. The lowest BCUT2D eigenvalue weighted by atomic mass is 10.2. The van der Waals surface area contributed by atoms with Crippen molar-refractivity contribution in [2.24, 2.45) is 5.73 Å². The molecule has 0 saturated carbocycles. The van der Waals surface area contributed by atoms with Gasteiger partial charge >= 0.3 is 0 Å². The fourth-order valence-electron chi connectivity index (χ4n) is 1.78. The molecule has 0 amide bonds. The molecule has 0 saturated heterocycles. The van der Waals surface area contributed by atoms with Gasteiger partial charge in [0.15, 0.2) is 0 Å². The molecule has 19 heavy (non-hydrogen) atoms. The molecule has 0 fully saturated rings. The summed E-state index contributed by atoms with van der Waals surface area (Å²) in [7, 11) is 1.62. The second-order valence-corrected chi connectivity index (χ2v) is 4.51. The molecule has 0 radical (unpaired) electrons. The molecule has 5 heteroatoms. The molecule has 1 heterocycles. The van der Waals surface area contributed by atoms with E-state index in [-0.39, 0.29) is 10.5 Å². The number of rotatable bonds is 4. The highest BCUT2D eigenvalue weighted by atomic mass is 32.1. The fraction of sp³-hybridized carbons (Fsp3) is 0.143. The maximum atomic E-state index is 12.1. The van der Waals surface area contributed by atoms with Crippen molar-refractivity contribution in [1.82, 2.24) is 4.57 Å². The minimum Gasteiger partial charge on any atom is -0.497 e. The minimum atomic E-state index is -0.175. The van der Waals surface area contributed by atoms with Crippen molar-refractivity contribution in [1.29, 1.82) is 0 Å². The number of methoxy groups -OCH3 is 1. The number of nitrogens with zero attached hydrogens (tertiary/aromatic N) is 1. The van der Waals surface area contributed by atoms with Crippen molar-refractivity contribution in [2.75, 3.05) is 7.11 Å². The van der Waals surface area contributed by atoms with E-state index in [1.165, 1.54) is 0 Å². The normalized spacial score (nSPS) is 10.2. The molecule has 4 nitrogen and oxygen atoms in total. The van der Waals surface area contributed by atoms with Crippen LogP contribution in [0.4, 0.5) is 0 Å². The molecule has 2 rings (SSSR count). The zero-order chi connectivity index (χ0) is 13.8. The standard InChI is InChI=1S/C14H14N2O2S/c1-18-11-6-4-10(5-7-11)9-16-8-2-3-12(13(15)19)14(16)17/h2-8H,9H2,1H3,(H2,15,19). The van der Waals surface area contributed by atoms with E-state index in [0.717, 1.165) is 11.3 Å². The van der Waals surface area contributed by atoms with E-state index in [0.29, 0.717) is 12.1 Å². The van der Waals surface area contributed by atoms with Crippen LogP contribution in [-0.4, -0.2) is 16.7 Å². The third kappa shape index (κ3) is 3.00. The Hall–Kier alpha value is -2.14. The van der Waals surface area contributed by atoms with Gasteiger partial charge in [0.25, 0.3) is 5.56 Å². The van der Waals surface area contributed by atoms with Crippen molar-refractivity contribution in [3.05, 3.63) is 64.1 Å². The minimum absolute atomic E-state index is 0.120. The zero-order valence-electron chi connectivity index (χ0n) is 10.5. The van der Waals surface area contributed by atoms with E-state index in [1.807, 2.05) is 24.3 Å². The lowest BCUT2D eigenvalue weighted by Gasteiger charge is -2.08. The second-order valence-electron chi connectivity index (χ2n) is 4.07. The highest BCUT2D eigenvalue weighted by Gasteiger charge is 2.05. The molecule has 1 aromatic heterocycles. The van der Waals surface area contributed by atoms with Crippen LogP contribution in [0.2, 0.25) is 0 Å². The molecular weight excluding hydrogens is 260 g/mol. The van der Waals surface area contributed by atoms with Crippen LogP contribution in [-0.2, 0) is 6.54 Å². The van der Waals surface area contributed by atoms with E-state index in [1.54, 1.807) is 30.0 Å². The first kappa shape index (κ1) is 13.3. The van der Waals surface area contributed by atoms with E-state index in [4.69, 9.17) is 22.7 Å². The Morgan fingerprint density at radius 1 is 1.32 bits per heavy atom. The van der Waals surface area contributed by atoms with Gasteiger partial charge in [-0.15, -0.1) is 0 Å². The number of nitrogens with two attached hydrogens (primary N) is 1. The monoisotopic (exact) mass is 274 g/mol. The molecule has 0 aliphatic heterocycles. The van der Waals surface area contributed by atoms with Gasteiger partial charge in [-0.3, -0.25) is 4.79 Å². The summed E-state index contributed by atoms with van der Waals surface area (Å²) in [5, 5.41) is 0. The van der Waals surface area contributed by atoms with Crippen LogP contribution in [0.15, 0.2) is 47.4 Å². The first-order chi connectivity index (χ1) is 9.11. The lowest BCUT2D eigenvalue weighted by molar-refractivity contribution is 0.414. The Morgan fingerprint density at radius 3 is 2.58 bits per heavy atom. The maximum absolute atomic E-state index is 12.1. The first-order valence-electron chi connectivity index (χ1n) is 5.74. The number of hydrogen-bond acceptors (Lipinski definition) is 3. The van der Waals surface area contributed by atoms with E-state index in [9.17, 15) is 4.79 Å². The molecule has 0 bridgehead atoms. The zero-order valence-corrected chi connectivity index (χ0v) is 11.3. The Kier molecular flexibility index (Phi) is 3.97. The van der Waals surface area contributed by atoms with Gasteiger partial charge in [-0.05, 0) is 29.8 Å². The van der Waals surface area contributed by atoms with Gasteiger partial charge in [0.2, 0.25) is 0 Å². The topological polar surface area (TPSA) is 57.2 Å².